The van der Waals surface area contributed by atoms with Gasteiger partial charge in [-0.1, -0.05) is 37.3 Å². The number of nitrogens with zero attached hydrogens (tertiary/aromatic N) is 3. The second-order valence-corrected chi connectivity index (χ2v) is 7.41. The average molecular weight is 337 g/mol. The maximum atomic E-state index is 11.9. The normalized spacial score (nSPS) is 14.6. The lowest BCUT2D eigenvalue weighted by molar-refractivity contribution is -0.146. The van der Waals surface area contributed by atoms with E-state index in [9.17, 15) is 4.79 Å². The number of benzene rings is 1. The summed E-state index contributed by atoms with van der Waals surface area (Å²) in [5, 5.41) is 8.30. The highest BCUT2D eigenvalue weighted by Gasteiger charge is 2.26. The topological polar surface area (TPSA) is 66.2 Å². The largest absolute Gasteiger partial charge is 0.467 e. The van der Waals surface area contributed by atoms with Crippen LogP contribution in [-0.4, -0.2) is 35.2 Å². The van der Waals surface area contributed by atoms with Crippen LogP contribution in [0.5, 0.6) is 0 Å². The van der Waals surface area contributed by atoms with Gasteiger partial charge < -0.3 is 8.92 Å². The fraction of sp³-hybridized carbons (Fsp3) is 0.438. The monoisotopic (exact) mass is 337 g/mol. The van der Waals surface area contributed by atoms with E-state index in [-0.39, 0.29) is 11.9 Å². The van der Waals surface area contributed by atoms with Crippen LogP contribution < -0.4 is 0 Å². The molecule has 1 aromatic carbocycles. The van der Waals surface area contributed by atoms with Crippen LogP contribution in [0.4, 0.5) is 0 Å². The van der Waals surface area contributed by atoms with Crippen molar-refractivity contribution in [2.24, 2.45) is 5.92 Å². The Labute approximate surface area is 139 Å². The molecule has 23 heavy (non-hydrogen) atoms. The van der Waals surface area contributed by atoms with E-state index in [2.05, 4.69) is 10.3 Å². The molecule has 0 aliphatic carbocycles. The number of carbonyl (C=O) groups excluding carboxylic acids is 1. The summed E-state index contributed by atoms with van der Waals surface area (Å²) in [6.45, 7) is 3.91. The highest BCUT2D eigenvalue weighted by Crippen LogP contribution is 2.39. The number of hydrogen-bond donors (Lipinski definition) is 1. The third-order valence-corrected chi connectivity index (χ3v) is 5.41. The maximum Gasteiger partial charge on any atom is 0.330 e. The summed E-state index contributed by atoms with van der Waals surface area (Å²) in [6, 6.07) is 9.59. The Morgan fingerprint density at radius 1 is 1.26 bits per heavy atom. The molecule has 0 bridgehead atoms. The van der Waals surface area contributed by atoms with Gasteiger partial charge in [0.1, 0.15) is 0 Å². The van der Waals surface area contributed by atoms with Crippen LogP contribution in [0.2, 0.25) is 0 Å². The Morgan fingerprint density at radius 2 is 1.96 bits per heavy atom. The molecule has 0 aliphatic heterocycles. The number of ether oxygens (including phenoxy) is 1. The van der Waals surface area contributed by atoms with E-state index in [1.807, 2.05) is 44.2 Å². The average Bonchev–Trinajstić information content (AvgIpc) is 3.01. The van der Waals surface area contributed by atoms with Gasteiger partial charge >= 0.3 is 5.97 Å². The van der Waals surface area contributed by atoms with Crippen LogP contribution in [0, 0.1) is 5.92 Å². The number of methoxy groups -OCH3 is 1. The van der Waals surface area contributed by atoms with Crippen molar-refractivity contribution in [3.8, 4) is 0 Å². The van der Waals surface area contributed by atoms with Crippen molar-refractivity contribution >= 4 is 17.1 Å². The van der Waals surface area contributed by atoms with E-state index in [4.69, 9.17) is 8.92 Å². The van der Waals surface area contributed by atoms with Gasteiger partial charge in [0, 0.05) is 17.8 Å². The molecule has 0 amide bonds. The predicted molar refractivity (Wildman–Crippen MR) is 90.3 cm³/mol. The summed E-state index contributed by atoms with van der Waals surface area (Å²) in [4.78, 5) is 13.1. The maximum absolute atomic E-state index is 11.9. The second kappa shape index (κ2) is 8.12. The minimum Gasteiger partial charge on any atom is -0.467 e. The van der Waals surface area contributed by atoms with Crippen LogP contribution in [0.1, 0.15) is 25.6 Å². The Morgan fingerprint density at radius 3 is 2.52 bits per heavy atom. The van der Waals surface area contributed by atoms with Crippen LogP contribution in [0.3, 0.4) is 0 Å². The first-order chi connectivity index (χ1) is 11.1. The van der Waals surface area contributed by atoms with E-state index in [1.165, 1.54) is 7.11 Å². The lowest BCUT2D eigenvalue weighted by atomic mass is 10.1. The smallest absolute Gasteiger partial charge is 0.330 e. The van der Waals surface area contributed by atoms with Crippen molar-refractivity contribution in [2.75, 3.05) is 14.2 Å². The second-order valence-electron chi connectivity index (χ2n) is 5.46. The summed E-state index contributed by atoms with van der Waals surface area (Å²) in [5.74, 6) is 0.408. The number of carbonyl (C=O) groups is 1. The molecule has 2 rings (SSSR count). The quantitative estimate of drug-likeness (QED) is 0.622. The number of esters is 1. The molecule has 1 aromatic heterocycles. The Kier molecular flexibility index (Phi) is 6.18. The third-order valence-electron chi connectivity index (χ3n) is 3.49. The number of aromatic nitrogens is 3. The highest BCUT2D eigenvalue weighted by atomic mass is 32.2. The zero-order valence-electron chi connectivity index (χ0n) is 13.8. The van der Waals surface area contributed by atoms with Crippen LogP contribution in [0.25, 0.3) is 0 Å². The summed E-state index contributed by atoms with van der Waals surface area (Å²) >= 11 is -0.802. The third kappa shape index (κ3) is 4.33. The first kappa shape index (κ1) is 17.5. The molecule has 0 radical (unpaired) electrons. The SMILES string of the molecule is COC(=O)[C@H](C(C)C)n1cc(C[SH](OC)c2ccccc2)nn1. The van der Waals surface area contributed by atoms with Gasteiger partial charge in [-0.2, -0.15) is 0 Å². The van der Waals surface area contributed by atoms with E-state index < -0.39 is 17.2 Å². The number of hydrogen-bond acceptors (Lipinski definition) is 5. The Balaban J connectivity index is 2.16. The Hall–Kier alpha value is -1.86. The first-order valence-corrected chi connectivity index (χ1v) is 8.86. The summed E-state index contributed by atoms with van der Waals surface area (Å²) in [6.07, 6.45) is 1.80. The van der Waals surface area contributed by atoms with Crippen molar-refractivity contribution in [2.45, 2.75) is 30.5 Å². The lowest BCUT2D eigenvalue weighted by Crippen LogP contribution is -2.26. The van der Waals surface area contributed by atoms with Gasteiger partial charge in [-0.25, -0.2) is 9.48 Å². The fourth-order valence-corrected chi connectivity index (χ4v) is 3.80. The van der Waals surface area contributed by atoms with Crippen molar-refractivity contribution < 1.29 is 13.7 Å². The molecule has 0 saturated heterocycles. The van der Waals surface area contributed by atoms with Gasteiger partial charge in [-0.15, -0.1) is 16.3 Å². The standard InChI is InChI=1S/C16H23N3O3S/c1-12(2)15(16(20)21-3)19-10-13(17-18-19)11-23(22-4)14-8-6-5-7-9-14/h5-10,12,15,23H,11H2,1-4H3/t15-/m0/s1. The van der Waals surface area contributed by atoms with Gasteiger partial charge in [0.25, 0.3) is 0 Å². The molecule has 0 aliphatic rings. The molecular formula is C16H23N3O3S. The molecule has 126 valence electrons. The highest BCUT2D eigenvalue weighted by molar-refractivity contribution is 8.12. The minimum atomic E-state index is -0.802. The van der Waals surface area contributed by atoms with Gasteiger partial charge in [0.05, 0.1) is 19.0 Å². The molecule has 6 nitrogen and oxygen atoms in total. The van der Waals surface area contributed by atoms with E-state index in [1.54, 1.807) is 18.0 Å². The molecule has 0 spiro atoms. The molecule has 2 atom stereocenters. The molecule has 1 heterocycles. The zero-order valence-corrected chi connectivity index (χ0v) is 14.7. The van der Waals surface area contributed by atoms with Crippen molar-refractivity contribution in [3.05, 3.63) is 42.2 Å². The van der Waals surface area contributed by atoms with Gasteiger partial charge in [-0.05, 0) is 18.1 Å². The zero-order chi connectivity index (χ0) is 16.8. The van der Waals surface area contributed by atoms with Gasteiger partial charge in [-0.3, -0.25) is 0 Å². The fourth-order valence-electron chi connectivity index (χ4n) is 2.33. The summed E-state index contributed by atoms with van der Waals surface area (Å²) in [7, 11) is 3.09. The molecule has 0 fully saturated rings. The van der Waals surface area contributed by atoms with E-state index >= 15 is 0 Å². The minimum absolute atomic E-state index is 0.0649. The van der Waals surface area contributed by atoms with Crippen molar-refractivity contribution in [3.63, 3.8) is 0 Å². The molecule has 2 aromatic rings. The van der Waals surface area contributed by atoms with E-state index in [0.717, 1.165) is 10.6 Å². The lowest BCUT2D eigenvalue weighted by Gasteiger charge is -2.19. The van der Waals surface area contributed by atoms with E-state index in [0.29, 0.717) is 5.75 Å². The molecular weight excluding hydrogens is 314 g/mol. The molecule has 0 saturated carbocycles. The van der Waals surface area contributed by atoms with Gasteiger partial charge in [0.2, 0.25) is 0 Å². The summed E-state index contributed by atoms with van der Waals surface area (Å²) < 4.78 is 12.1. The van der Waals surface area contributed by atoms with Crippen LogP contribution >= 0.6 is 11.2 Å². The molecule has 1 unspecified atom stereocenters. The summed E-state index contributed by atoms with van der Waals surface area (Å²) in [5.41, 5.74) is 0.802. The van der Waals surface area contributed by atoms with Crippen LogP contribution in [-0.2, 0) is 19.5 Å². The number of thiol groups is 1. The molecule has 0 N–H and O–H groups in total. The van der Waals surface area contributed by atoms with Crippen LogP contribution in [0.15, 0.2) is 41.4 Å². The van der Waals surface area contributed by atoms with Crippen molar-refractivity contribution in [1.29, 1.82) is 0 Å². The predicted octanol–water partition coefficient (Wildman–Crippen LogP) is 2.77. The van der Waals surface area contributed by atoms with Crippen molar-refractivity contribution in [1.82, 2.24) is 15.0 Å². The van der Waals surface area contributed by atoms with Gasteiger partial charge in [0.15, 0.2) is 6.04 Å². The molecule has 7 heteroatoms. The Bertz CT molecular complexity index is 631. The number of rotatable bonds is 7. The first-order valence-electron chi connectivity index (χ1n) is 7.42.